The maximum Gasteiger partial charge on any atom is 0.325 e. The van der Waals surface area contributed by atoms with E-state index in [1.807, 2.05) is 32.0 Å². The number of nitrogens with one attached hydrogen (secondary N) is 2. The predicted octanol–water partition coefficient (Wildman–Crippen LogP) is 3.11. The van der Waals surface area contributed by atoms with Gasteiger partial charge in [0.05, 0.1) is 6.04 Å². The smallest absolute Gasteiger partial charge is 0.325 e. The highest BCUT2D eigenvalue weighted by molar-refractivity contribution is 6.31. The molecule has 28 heavy (non-hydrogen) atoms. The Hall–Kier alpha value is -2.86. The molecule has 0 fully saturated rings. The first-order chi connectivity index (χ1) is 13.3. The minimum Gasteiger partial charge on any atom is -0.454 e. The van der Waals surface area contributed by atoms with Gasteiger partial charge in [-0.15, -0.1) is 0 Å². The lowest BCUT2D eigenvalue weighted by molar-refractivity contribution is -0.147. The Kier molecular flexibility index (Phi) is 7.58. The van der Waals surface area contributed by atoms with Gasteiger partial charge in [0.1, 0.15) is 6.54 Å². The molecule has 2 N–H and O–H groups in total. The summed E-state index contributed by atoms with van der Waals surface area (Å²) in [4.78, 5) is 35.8. The van der Waals surface area contributed by atoms with Crippen LogP contribution in [0.5, 0.6) is 0 Å². The van der Waals surface area contributed by atoms with E-state index in [9.17, 15) is 14.4 Å². The van der Waals surface area contributed by atoms with Gasteiger partial charge in [0.25, 0.3) is 11.8 Å². The molecular formula is C21H23ClN2O4. The topological polar surface area (TPSA) is 84.5 Å². The minimum atomic E-state index is -0.697. The van der Waals surface area contributed by atoms with Gasteiger partial charge in [-0.2, -0.15) is 0 Å². The van der Waals surface area contributed by atoms with Gasteiger partial charge in [-0.3, -0.25) is 14.4 Å². The highest BCUT2D eigenvalue weighted by Crippen LogP contribution is 2.21. The van der Waals surface area contributed by atoms with Crippen LogP contribution in [0, 0.1) is 13.8 Å². The first kappa shape index (κ1) is 21.4. The van der Waals surface area contributed by atoms with E-state index >= 15 is 0 Å². The molecule has 2 aromatic carbocycles. The van der Waals surface area contributed by atoms with Crippen molar-refractivity contribution in [2.45, 2.75) is 26.8 Å². The maximum atomic E-state index is 12.1. The van der Waals surface area contributed by atoms with Crippen molar-refractivity contribution in [3.8, 4) is 0 Å². The number of amides is 2. The maximum absolute atomic E-state index is 12.1. The molecule has 0 unspecified atom stereocenters. The molecule has 0 aliphatic heterocycles. The minimum absolute atomic E-state index is 0.320. The van der Waals surface area contributed by atoms with Gasteiger partial charge in [-0.05, 0) is 55.7 Å². The second-order valence-electron chi connectivity index (χ2n) is 6.45. The van der Waals surface area contributed by atoms with Crippen LogP contribution >= 0.6 is 11.6 Å². The molecule has 0 aliphatic rings. The molecule has 2 amide bonds. The van der Waals surface area contributed by atoms with Crippen LogP contribution in [0.4, 0.5) is 0 Å². The number of ether oxygens (including phenoxy) is 1. The molecule has 0 saturated carbocycles. The van der Waals surface area contributed by atoms with Gasteiger partial charge in [0.15, 0.2) is 6.61 Å². The van der Waals surface area contributed by atoms with Crippen LogP contribution in [0.25, 0.3) is 0 Å². The van der Waals surface area contributed by atoms with Crippen molar-refractivity contribution < 1.29 is 19.1 Å². The second-order valence-corrected chi connectivity index (χ2v) is 6.86. The summed E-state index contributed by atoms with van der Waals surface area (Å²) in [5.74, 6) is -1.53. The van der Waals surface area contributed by atoms with Gasteiger partial charge in [-0.1, -0.05) is 35.9 Å². The van der Waals surface area contributed by atoms with Gasteiger partial charge in [0.2, 0.25) is 0 Å². The Bertz CT molecular complexity index is 882. The van der Waals surface area contributed by atoms with Crippen molar-refractivity contribution in [2.75, 3.05) is 13.2 Å². The monoisotopic (exact) mass is 402 g/mol. The Morgan fingerprint density at radius 1 is 1.07 bits per heavy atom. The number of esters is 1. The lowest BCUT2D eigenvalue weighted by Gasteiger charge is -2.15. The summed E-state index contributed by atoms with van der Waals surface area (Å²) in [5.41, 5.74) is 3.29. The van der Waals surface area contributed by atoms with Gasteiger partial charge in [0, 0.05) is 10.6 Å². The van der Waals surface area contributed by atoms with Crippen molar-refractivity contribution in [3.63, 3.8) is 0 Å². The number of hydrogen-bond donors (Lipinski definition) is 2. The van der Waals surface area contributed by atoms with Crippen LogP contribution in [0.1, 0.15) is 40.0 Å². The van der Waals surface area contributed by atoms with Crippen LogP contribution in [0.2, 0.25) is 5.02 Å². The molecule has 2 aromatic rings. The molecule has 0 heterocycles. The van der Waals surface area contributed by atoms with E-state index in [1.54, 1.807) is 31.2 Å². The summed E-state index contributed by atoms with van der Waals surface area (Å²) < 4.78 is 4.90. The Morgan fingerprint density at radius 3 is 2.46 bits per heavy atom. The molecule has 2 rings (SSSR count). The van der Waals surface area contributed by atoms with Crippen LogP contribution in [0.15, 0.2) is 42.5 Å². The zero-order chi connectivity index (χ0) is 20.7. The van der Waals surface area contributed by atoms with Gasteiger partial charge < -0.3 is 15.4 Å². The average molecular weight is 403 g/mol. The number of hydrogen-bond acceptors (Lipinski definition) is 4. The molecule has 0 spiro atoms. The lowest BCUT2D eigenvalue weighted by atomic mass is 10.1. The third-order valence-corrected chi connectivity index (χ3v) is 4.62. The molecule has 0 bridgehead atoms. The van der Waals surface area contributed by atoms with Gasteiger partial charge >= 0.3 is 5.97 Å². The van der Waals surface area contributed by atoms with Crippen molar-refractivity contribution in [1.29, 1.82) is 0 Å². The fourth-order valence-electron chi connectivity index (χ4n) is 2.52. The summed E-state index contributed by atoms with van der Waals surface area (Å²) >= 11 is 6.09. The SMILES string of the molecule is Cc1ccc(C(=O)NCC(=O)OCC(=O)N[C@@H](C)c2ccccc2Cl)cc1C. The highest BCUT2D eigenvalue weighted by Gasteiger charge is 2.15. The molecule has 148 valence electrons. The summed E-state index contributed by atoms with van der Waals surface area (Å²) in [6, 6.07) is 12.1. The van der Waals surface area contributed by atoms with Crippen molar-refractivity contribution in [3.05, 3.63) is 69.7 Å². The fourth-order valence-corrected chi connectivity index (χ4v) is 2.82. The van der Waals surface area contributed by atoms with E-state index in [1.165, 1.54) is 0 Å². The summed E-state index contributed by atoms with van der Waals surface area (Å²) in [5, 5.41) is 5.73. The van der Waals surface area contributed by atoms with E-state index in [-0.39, 0.29) is 18.5 Å². The molecule has 1 atom stereocenters. The van der Waals surface area contributed by atoms with E-state index in [0.717, 1.165) is 16.7 Å². The molecule has 0 saturated heterocycles. The number of carbonyl (C=O) groups is 3. The number of aryl methyl sites for hydroxylation is 2. The van der Waals surface area contributed by atoms with Crippen molar-refractivity contribution >= 4 is 29.4 Å². The second kappa shape index (κ2) is 9.90. The Labute approximate surface area is 169 Å². The summed E-state index contributed by atoms with van der Waals surface area (Å²) in [7, 11) is 0. The van der Waals surface area contributed by atoms with E-state index < -0.39 is 18.5 Å². The quantitative estimate of drug-likeness (QED) is 0.697. The van der Waals surface area contributed by atoms with E-state index in [4.69, 9.17) is 16.3 Å². The molecular weight excluding hydrogens is 380 g/mol. The third-order valence-electron chi connectivity index (χ3n) is 4.28. The standard InChI is InChI=1S/C21H23ClN2O4/c1-13-8-9-16(10-14(13)2)21(27)23-11-20(26)28-12-19(25)24-15(3)17-6-4-5-7-18(17)22/h4-10,15H,11-12H2,1-3H3,(H,23,27)(H,24,25)/t15-/m0/s1. The first-order valence-electron chi connectivity index (χ1n) is 8.82. The Morgan fingerprint density at radius 2 is 1.79 bits per heavy atom. The fraction of sp³-hybridized carbons (Fsp3) is 0.286. The number of halogens is 1. The van der Waals surface area contributed by atoms with Gasteiger partial charge in [-0.25, -0.2) is 0 Å². The molecule has 0 aromatic heterocycles. The van der Waals surface area contributed by atoms with Crippen molar-refractivity contribution in [2.24, 2.45) is 0 Å². The molecule has 0 radical (unpaired) electrons. The number of benzene rings is 2. The molecule has 0 aliphatic carbocycles. The zero-order valence-electron chi connectivity index (χ0n) is 16.0. The number of carbonyl (C=O) groups excluding carboxylic acids is 3. The van der Waals surface area contributed by atoms with Crippen molar-refractivity contribution in [1.82, 2.24) is 10.6 Å². The number of rotatable bonds is 7. The Balaban J connectivity index is 1.75. The molecule has 7 heteroatoms. The summed E-state index contributed by atoms with van der Waals surface area (Å²) in [6.07, 6.45) is 0. The zero-order valence-corrected chi connectivity index (χ0v) is 16.8. The van der Waals surface area contributed by atoms with E-state index in [0.29, 0.717) is 10.6 Å². The van der Waals surface area contributed by atoms with Crippen LogP contribution in [0.3, 0.4) is 0 Å². The lowest BCUT2D eigenvalue weighted by Crippen LogP contribution is -2.34. The van der Waals surface area contributed by atoms with E-state index in [2.05, 4.69) is 10.6 Å². The van der Waals surface area contributed by atoms with Crippen LogP contribution in [-0.2, 0) is 14.3 Å². The third kappa shape index (κ3) is 6.09. The van der Waals surface area contributed by atoms with Crippen LogP contribution in [-0.4, -0.2) is 30.9 Å². The highest BCUT2D eigenvalue weighted by atomic mass is 35.5. The predicted molar refractivity (Wildman–Crippen MR) is 107 cm³/mol. The largest absolute Gasteiger partial charge is 0.454 e. The normalized spacial score (nSPS) is 11.4. The van der Waals surface area contributed by atoms with Crippen LogP contribution < -0.4 is 10.6 Å². The molecule has 6 nitrogen and oxygen atoms in total. The first-order valence-corrected chi connectivity index (χ1v) is 9.20. The summed E-state index contributed by atoms with van der Waals surface area (Å²) in [6.45, 7) is 4.88. The average Bonchev–Trinajstić information content (AvgIpc) is 2.66.